The highest BCUT2D eigenvalue weighted by molar-refractivity contribution is 6.23. The molecule has 1 aliphatic rings. The van der Waals surface area contributed by atoms with E-state index in [0.29, 0.717) is 0 Å². The fourth-order valence-electron chi connectivity index (χ4n) is 2.90. The number of fused-ring (bicyclic) bond motifs is 3. The van der Waals surface area contributed by atoms with Gasteiger partial charge in [0.1, 0.15) is 5.38 Å². The van der Waals surface area contributed by atoms with Gasteiger partial charge in [-0.1, -0.05) is 48.5 Å². The van der Waals surface area contributed by atoms with E-state index in [1.165, 1.54) is 0 Å². The van der Waals surface area contributed by atoms with Gasteiger partial charge in [0, 0.05) is 16.7 Å². The lowest BCUT2D eigenvalue weighted by Gasteiger charge is -2.04. The highest BCUT2D eigenvalue weighted by Crippen LogP contribution is 2.43. The summed E-state index contributed by atoms with van der Waals surface area (Å²) >= 11 is 6.62. The minimum Gasteiger partial charge on any atom is -0.235 e. The first kappa shape index (κ1) is 11.7. The molecule has 98 valence electrons. The van der Waals surface area contributed by atoms with Gasteiger partial charge in [0.2, 0.25) is 0 Å². The molecule has 4 rings (SSSR count). The number of para-hydroxylation sites is 1. The van der Waals surface area contributed by atoms with Crippen LogP contribution in [0.3, 0.4) is 0 Å². The van der Waals surface area contributed by atoms with Gasteiger partial charge < -0.3 is 0 Å². The summed E-state index contributed by atoms with van der Waals surface area (Å²) in [5.41, 5.74) is 6.63. The molecule has 3 aromatic rings. The zero-order valence-corrected chi connectivity index (χ0v) is 11.8. The van der Waals surface area contributed by atoms with Crippen LogP contribution in [0, 0.1) is 6.92 Å². The lowest BCUT2D eigenvalue weighted by atomic mass is 10.0. The molecule has 0 bridgehead atoms. The largest absolute Gasteiger partial charge is 0.235 e. The Morgan fingerprint density at radius 2 is 1.70 bits per heavy atom. The van der Waals surface area contributed by atoms with Gasteiger partial charge in [-0.05, 0) is 13.0 Å². The molecule has 1 unspecified atom stereocenters. The number of nitrogens with zero attached hydrogens (tertiary/aromatic N) is 2. The van der Waals surface area contributed by atoms with Crippen LogP contribution in [-0.4, -0.2) is 9.78 Å². The van der Waals surface area contributed by atoms with E-state index >= 15 is 0 Å². The second kappa shape index (κ2) is 4.22. The van der Waals surface area contributed by atoms with E-state index in [9.17, 15) is 0 Å². The molecule has 2 aromatic carbocycles. The van der Waals surface area contributed by atoms with Crippen molar-refractivity contribution in [2.45, 2.75) is 12.3 Å². The molecule has 0 amide bonds. The van der Waals surface area contributed by atoms with Crippen molar-refractivity contribution in [1.82, 2.24) is 9.78 Å². The predicted octanol–water partition coefficient (Wildman–Crippen LogP) is 4.49. The maximum absolute atomic E-state index is 6.62. The number of hydrogen-bond acceptors (Lipinski definition) is 1. The molecular weight excluding hydrogens is 268 g/mol. The maximum Gasteiger partial charge on any atom is 0.103 e. The van der Waals surface area contributed by atoms with Crippen LogP contribution in [0.1, 0.15) is 22.2 Å². The molecular formula is C17H13ClN2. The normalized spacial score (nSPS) is 16.0. The Bertz CT molecular complexity index is 790. The van der Waals surface area contributed by atoms with Crippen molar-refractivity contribution >= 4 is 11.6 Å². The molecule has 1 aliphatic heterocycles. The van der Waals surface area contributed by atoms with Crippen LogP contribution in [0.4, 0.5) is 0 Å². The summed E-state index contributed by atoms with van der Waals surface area (Å²) in [6, 6.07) is 18.4. The maximum atomic E-state index is 6.62. The third kappa shape index (κ3) is 1.49. The molecule has 2 nitrogen and oxygen atoms in total. The Hall–Kier alpha value is -2.06. The quantitative estimate of drug-likeness (QED) is 0.601. The molecule has 2 heterocycles. The predicted molar refractivity (Wildman–Crippen MR) is 81.4 cm³/mol. The second-order valence-electron chi connectivity index (χ2n) is 5.06. The molecule has 0 aliphatic carbocycles. The molecule has 0 spiro atoms. The molecule has 0 radical (unpaired) electrons. The van der Waals surface area contributed by atoms with Gasteiger partial charge in [-0.3, -0.25) is 0 Å². The monoisotopic (exact) mass is 280 g/mol. The SMILES string of the molecule is Cc1c(-c2ccccc2)nn2c1C(Cl)c1ccccc1-2. The Morgan fingerprint density at radius 1 is 1.00 bits per heavy atom. The van der Waals surface area contributed by atoms with Crippen LogP contribution in [0.5, 0.6) is 0 Å². The number of benzene rings is 2. The molecule has 0 saturated heterocycles. The van der Waals surface area contributed by atoms with E-state index in [1.54, 1.807) is 0 Å². The lowest BCUT2D eigenvalue weighted by molar-refractivity contribution is 0.868. The van der Waals surface area contributed by atoms with E-state index < -0.39 is 0 Å². The zero-order valence-electron chi connectivity index (χ0n) is 11.0. The van der Waals surface area contributed by atoms with Crippen molar-refractivity contribution in [3.8, 4) is 16.9 Å². The fourth-order valence-corrected chi connectivity index (χ4v) is 3.34. The first-order valence-electron chi connectivity index (χ1n) is 6.65. The average molecular weight is 281 g/mol. The van der Waals surface area contributed by atoms with Gasteiger partial charge in [0.05, 0.1) is 17.1 Å². The van der Waals surface area contributed by atoms with Crippen LogP contribution in [0.2, 0.25) is 0 Å². The third-order valence-corrected chi connectivity index (χ3v) is 4.33. The smallest absolute Gasteiger partial charge is 0.103 e. The second-order valence-corrected chi connectivity index (χ2v) is 5.49. The fraction of sp³-hybridized carbons (Fsp3) is 0.118. The molecule has 20 heavy (non-hydrogen) atoms. The number of alkyl halides is 1. The minimum atomic E-state index is -0.115. The molecule has 1 aromatic heterocycles. The number of hydrogen-bond donors (Lipinski definition) is 0. The van der Waals surface area contributed by atoms with Crippen molar-refractivity contribution in [2.75, 3.05) is 0 Å². The number of halogens is 1. The molecule has 3 heteroatoms. The highest BCUT2D eigenvalue weighted by atomic mass is 35.5. The van der Waals surface area contributed by atoms with Crippen LogP contribution in [-0.2, 0) is 0 Å². The summed E-state index contributed by atoms with van der Waals surface area (Å²) in [5.74, 6) is 0. The first-order chi connectivity index (χ1) is 9.77. The standard InChI is InChI=1S/C17H13ClN2/c1-11-16(12-7-3-2-4-8-12)19-20-14-10-6-5-9-13(14)15(18)17(11)20/h2-10,15H,1H3. The van der Waals surface area contributed by atoms with E-state index in [4.69, 9.17) is 16.7 Å². The zero-order chi connectivity index (χ0) is 13.7. The lowest BCUT2D eigenvalue weighted by Crippen LogP contribution is -1.94. The molecule has 0 fully saturated rings. The summed E-state index contributed by atoms with van der Waals surface area (Å²) in [7, 11) is 0. The minimum absolute atomic E-state index is 0.115. The van der Waals surface area contributed by atoms with Gasteiger partial charge in [-0.25, -0.2) is 4.68 Å². The van der Waals surface area contributed by atoms with Crippen molar-refractivity contribution < 1.29 is 0 Å². The Morgan fingerprint density at radius 3 is 2.50 bits per heavy atom. The Labute approximate surface area is 122 Å². The summed E-state index contributed by atoms with van der Waals surface area (Å²) in [6.45, 7) is 2.10. The van der Waals surface area contributed by atoms with Gasteiger partial charge in [-0.2, -0.15) is 5.10 Å². The van der Waals surface area contributed by atoms with E-state index in [0.717, 1.165) is 33.8 Å². The van der Waals surface area contributed by atoms with E-state index in [1.807, 2.05) is 35.0 Å². The first-order valence-corrected chi connectivity index (χ1v) is 7.09. The molecule has 0 N–H and O–H groups in total. The average Bonchev–Trinajstić information content (AvgIpc) is 2.98. The topological polar surface area (TPSA) is 17.8 Å². The van der Waals surface area contributed by atoms with E-state index in [-0.39, 0.29) is 5.38 Å². The van der Waals surface area contributed by atoms with Gasteiger partial charge in [0.25, 0.3) is 0 Å². The van der Waals surface area contributed by atoms with Gasteiger partial charge in [-0.15, -0.1) is 11.6 Å². The number of rotatable bonds is 1. The Kier molecular flexibility index (Phi) is 2.48. The van der Waals surface area contributed by atoms with Crippen molar-refractivity contribution in [3.05, 3.63) is 71.4 Å². The van der Waals surface area contributed by atoms with Gasteiger partial charge >= 0.3 is 0 Å². The van der Waals surface area contributed by atoms with Gasteiger partial charge in [0.15, 0.2) is 0 Å². The van der Waals surface area contributed by atoms with Crippen LogP contribution in [0.25, 0.3) is 16.9 Å². The summed E-state index contributed by atoms with van der Waals surface area (Å²) in [4.78, 5) is 0. The number of aromatic nitrogens is 2. The molecule has 0 saturated carbocycles. The summed E-state index contributed by atoms with van der Waals surface area (Å²) in [5, 5.41) is 4.67. The summed E-state index contributed by atoms with van der Waals surface area (Å²) < 4.78 is 1.99. The van der Waals surface area contributed by atoms with Crippen LogP contribution >= 0.6 is 11.6 Å². The molecule has 1 atom stereocenters. The van der Waals surface area contributed by atoms with Crippen LogP contribution < -0.4 is 0 Å². The highest BCUT2D eigenvalue weighted by Gasteiger charge is 2.31. The summed E-state index contributed by atoms with van der Waals surface area (Å²) in [6.07, 6.45) is 0. The van der Waals surface area contributed by atoms with E-state index in [2.05, 4.69) is 31.2 Å². The van der Waals surface area contributed by atoms with Crippen molar-refractivity contribution in [3.63, 3.8) is 0 Å². The third-order valence-electron chi connectivity index (χ3n) is 3.89. The van der Waals surface area contributed by atoms with Crippen molar-refractivity contribution in [1.29, 1.82) is 0 Å². The van der Waals surface area contributed by atoms with Crippen LogP contribution in [0.15, 0.2) is 54.6 Å². The van der Waals surface area contributed by atoms with Crippen molar-refractivity contribution in [2.24, 2.45) is 0 Å². The Balaban J connectivity index is 1.97.